The number of carbonyl (C=O) groups is 1. The van der Waals surface area contributed by atoms with Gasteiger partial charge in [0.25, 0.3) is 0 Å². The molecule has 2 aliphatic rings. The number of carbonyl (C=O) groups excluding carboxylic acids is 1. The van der Waals surface area contributed by atoms with E-state index in [0.717, 1.165) is 45.7 Å². The molecule has 2 heterocycles. The van der Waals surface area contributed by atoms with E-state index in [-0.39, 0.29) is 5.91 Å². The van der Waals surface area contributed by atoms with Crippen molar-refractivity contribution in [1.82, 2.24) is 15.5 Å². The van der Waals surface area contributed by atoms with Gasteiger partial charge >= 0.3 is 0 Å². The number of hydrogen-bond acceptors (Lipinski definition) is 4. The Balaban J connectivity index is 1.72. The first kappa shape index (κ1) is 12.8. The number of nitrogens with one attached hydrogen (secondary N) is 2. The first-order chi connectivity index (χ1) is 8.25. The van der Waals surface area contributed by atoms with E-state index in [0.29, 0.717) is 18.6 Å². The highest BCUT2D eigenvalue weighted by atomic mass is 16.5. The van der Waals surface area contributed by atoms with E-state index in [1.807, 2.05) is 0 Å². The summed E-state index contributed by atoms with van der Waals surface area (Å²) in [6, 6.07) is 0.763. The van der Waals surface area contributed by atoms with Crippen LogP contribution in [0.3, 0.4) is 0 Å². The molecule has 5 heteroatoms. The smallest absolute Gasteiger partial charge is 0.234 e. The summed E-state index contributed by atoms with van der Waals surface area (Å²) in [5, 5.41) is 6.43. The molecule has 0 spiro atoms. The van der Waals surface area contributed by atoms with Gasteiger partial charge in [-0.25, -0.2) is 0 Å². The average molecular weight is 241 g/mol. The largest absolute Gasteiger partial charge is 0.381 e. The number of piperazine rings is 1. The van der Waals surface area contributed by atoms with Gasteiger partial charge in [0.05, 0.1) is 6.54 Å². The van der Waals surface area contributed by atoms with Crippen LogP contribution in [0.1, 0.15) is 19.8 Å². The normalized spacial score (nSPS) is 27.9. The molecule has 2 rings (SSSR count). The van der Waals surface area contributed by atoms with Crippen molar-refractivity contribution in [3.63, 3.8) is 0 Å². The Morgan fingerprint density at radius 1 is 1.47 bits per heavy atom. The zero-order valence-electron chi connectivity index (χ0n) is 10.6. The summed E-state index contributed by atoms with van der Waals surface area (Å²) < 4.78 is 5.28. The minimum absolute atomic E-state index is 0.158. The van der Waals surface area contributed by atoms with E-state index < -0.39 is 0 Å². The van der Waals surface area contributed by atoms with Crippen LogP contribution in [0.25, 0.3) is 0 Å². The summed E-state index contributed by atoms with van der Waals surface area (Å²) in [6.07, 6.45) is 1.89. The Kier molecular flexibility index (Phi) is 4.76. The lowest BCUT2D eigenvalue weighted by Crippen LogP contribution is -2.53. The van der Waals surface area contributed by atoms with Gasteiger partial charge in [0.15, 0.2) is 0 Å². The van der Waals surface area contributed by atoms with E-state index in [4.69, 9.17) is 4.74 Å². The Morgan fingerprint density at radius 3 is 2.94 bits per heavy atom. The van der Waals surface area contributed by atoms with Crippen LogP contribution in [0, 0.1) is 0 Å². The highest BCUT2D eigenvalue weighted by molar-refractivity contribution is 5.78. The summed E-state index contributed by atoms with van der Waals surface area (Å²) in [6.45, 7) is 7.15. The van der Waals surface area contributed by atoms with Crippen LogP contribution in [0.15, 0.2) is 0 Å². The summed E-state index contributed by atoms with van der Waals surface area (Å²) in [4.78, 5) is 14.2. The van der Waals surface area contributed by atoms with Crippen LogP contribution in [0.2, 0.25) is 0 Å². The molecule has 0 aromatic carbocycles. The Morgan fingerprint density at radius 2 is 2.24 bits per heavy atom. The fourth-order valence-electron chi connectivity index (χ4n) is 2.42. The van der Waals surface area contributed by atoms with Crippen molar-refractivity contribution >= 4 is 5.91 Å². The van der Waals surface area contributed by atoms with Crippen LogP contribution in [-0.2, 0) is 9.53 Å². The Labute approximate surface area is 103 Å². The van der Waals surface area contributed by atoms with E-state index in [2.05, 4.69) is 22.5 Å². The molecule has 0 aromatic rings. The Bertz CT molecular complexity index is 254. The maximum Gasteiger partial charge on any atom is 0.234 e. The SMILES string of the molecule is CC1CNCCN1CC(=O)NC1CCOCC1. The molecule has 1 unspecified atom stereocenters. The lowest BCUT2D eigenvalue weighted by molar-refractivity contribution is -0.124. The summed E-state index contributed by atoms with van der Waals surface area (Å²) >= 11 is 0. The summed E-state index contributed by atoms with van der Waals surface area (Å²) in [7, 11) is 0. The molecule has 2 fully saturated rings. The van der Waals surface area contributed by atoms with Gasteiger partial charge in [-0.05, 0) is 19.8 Å². The van der Waals surface area contributed by atoms with Crippen molar-refractivity contribution in [3.05, 3.63) is 0 Å². The predicted molar refractivity (Wildman–Crippen MR) is 65.9 cm³/mol. The second kappa shape index (κ2) is 6.33. The van der Waals surface area contributed by atoms with Crippen molar-refractivity contribution in [1.29, 1.82) is 0 Å². The van der Waals surface area contributed by atoms with Crippen LogP contribution in [-0.4, -0.2) is 62.3 Å². The molecular formula is C12H23N3O2. The van der Waals surface area contributed by atoms with E-state index in [9.17, 15) is 4.79 Å². The highest BCUT2D eigenvalue weighted by Crippen LogP contribution is 2.07. The van der Waals surface area contributed by atoms with Crippen molar-refractivity contribution in [3.8, 4) is 0 Å². The standard InChI is InChI=1S/C12H23N3O2/c1-10-8-13-4-5-15(10)9-12(16)14-11-2-6-17-7-3-11/h10-11,13H,2-9H2,1H3,(H,14,16). The number of hydrogen-bond donors (Lipinski definition) is 2. The van der Waals surface area contributed by atoms with Gasteiger partial charge in [0.1, 0.15) is 0 Å². The third kappa shape index (κ3) is 3.94. The molecule has 1 amide bonds. The molecular weight excluding hydrogens is 218 g/mol. The molecule has 1 atom stereocenters. The van der Waals surface area contributed by atoms with Gasteiger partial charge in [0.2, 0.25) is 5.91 Å². The average Bonchev–Trinajstić information content (AvgIpc) is 2.33. The van der Waals surface area contributed by atoms with Gasteiger partial charge in [-0.2, -0.15) is 0 Å². The Hall–Kier alpha value is -0.650. The molecule has 0 radical (unpaired) electrons. The van der Waals surface area contributed by atoms with Gasteiger partial charge < -0.3 is 15.4 Å². The van der Waals surface area contributed by atoms with Gasteiger partial charge in [-0.1, -0.05) is 0 Å². The summed E-state index contributed by atoms with van der Waals surface area (Å²) in [5.74, 6) is 0.158. The molecule has 17 heavy (non-hydrogen) atoms. The van der Waals surface area contributed by atoms with Crippen LogP contribution in [0.4, 0.5) is 0 Å². The first-order valence-electron chi connectivity index (χ1n) is 6.57. The van der Waals surface area contributed by atoms with Crippen molar-refractivity contribution in [2.45, 2.75) is 31.8 Å². The van der Waals surface area contributed by atoms with Crippen LogP contribution >= 0.6 is 0 Å². The number of ether oxygens (including phenoxy) is 1. The molecule has 5 nitrogen and oxygen atoms in total. The molecule has 0 bridgehead atoms. The van der Waals surface area contributed by atoms with Crippen LogP contribution < -0.4 is 10.6 Å². The predicted octanol–water partition coefficient (Wildman–Crippen LogP) is -0.425. The first-order valence-corrected chi connectivity index (χ1v) is 6.57. The fourth-order valence-corrected chi connectivity index (χ4v) is 2.42. The molecule has 98 valence electrons. The minimum Gasteiger partial charge on any atom is -0.381 e. The monoisotopic (exact) mass is 241 g/mol. The lowest BCUT2D eigenvalue weighted by atomic mass is 10.1. The highest BCUT2D eigenvalue weighted by Gasteiger charge is 2.22. The van der Waals surface area contributed by atoms with E-state index in [1.54, 1.807) is 0 Å². The summed E-state index contributed by atoms with van der Waals surface area (Å²) in [5.41, 5.74) is 0. The van der Waals surface area contributed by atoms with Crippen LogP contribution in [0.5, 0.6) is 0 Å². The van der Waals surface area contributed by atoms with Crippen molar-refractivity contribution < 1.29 is 9.53 Å². The maximum absolute atomic E-state index is 11.9. The number of nitrogens with zero attached hydrogens (tertiary/aromatic N) is 1. The van der Waals surface area contributed by atoms with Crippen molar-refractivity contribution in [2.75, 3.05) is 39.4 Å². The molecule has 0 aliphatic carbocycles. The molecule has 2 aliphatic heterocycles. The lowest BCUT2D eigenvalue weighted by Gasteiger charge is -2.34. The third-order valence-electron chi connectivity index (χ3n) is 3.57. The fraction of sp³-hybridized carbons (Fsp3) is 0.917. The number of rotatable bonds is 3. The second-order valence-electron chi connectivity index (χ2n) is 4.98. The molecule has 2 saturated heterocycles. The number of amides is 1. The molecule has 0 aromatic heterocycles. The minimum atomic E-state index is 0.158. The quantitative estimate of drug-likeness (QED) is 0.704. The van der Waals surface area contributed by atoms with E-state index in [1.165, 1.54) is 0 Å². The second-order valence-corrected chi connectivity index (χ2v) is 4.98. The maximum atomic E-state index is 11.9. The van der Waals surface area contributed by atoms with Gasteiger partial charge in [-0.15, -0.1) is 0 Å². The van der Waals surface area contributed by atoms with Crippen molar-refractivity contribution in [2.24, 2.45) is 0 Å². The topological polar surface area (TPSA) is 53.6 Å². The van der Waals surface area contributed by atoms with E-state index >= 15 is 0 Å². The molecule has 2 N–H and O–H groups in total. The van der Waals surface area contributed by atoms with Gasteiger partial charge in [-0.3, -0.25) is 9.69 Å². The third-order valence-corrected chi connectivity index (χ3v) is 3.57. The zero-order valence-corrected chi connectivity index (χ0v) is 10.6. The molecule has 0 saturated carbocycles. The zero-order chi connectivity index (χ0) is 12.1. The van der Waals surface area contributed by atoms with Gasteiger partial charge in [0, 0.05) is 44.9 Å².